The summed E-state index contributed by atoms with van der Waals surface area (Å²) in [5, 5.41) is 19.0. The van der Waals surface area contributed by atoms with Crippen LogP contribution < -0.4 is 14.2 Å². The van der Waals surface area contributed by atoms with E-state index in [1.54, 1.807) is 18.2 Å². The molecule has 0 aliphatic heterocycles. The normalized spacial score (nSPS) is 11.3. The van der Waals surface area contributed by atoms with E-state index in [0.717, 1.165) is 57.6 Å². The van der Waals surface area contributed by atoms with Crippen LogP contribution in [0.2, 0.25) is 25.1 Å². The van der Waals surface area contributed by atoms with E-state index in [2.05, 4.69) is 4.98 Å². The number of halogens is 5. The lowest BCUT2D eigenvalue weighted by atomic mass is 10.1. The van der Waals surface area contributed by atoms with Crippen molar-refractivity contribution >= 4 is 63.8 Å². The molecule has 0 aliphatic rings. The largest absolute Gasteiger partial charge is 0.501 e. The zero-order chi connectivity index (χ0) is 26.5. The van der Waals surface area contributed by atoms with Crippen LogP contribution in [0.4, 0.5) is 0 Å². The summed E-state index contributed by atoms with van der Waals surface area (Å²) < 4.78 is 16.8. The Morgan fingerprint density at radius 2 is 1.28 bits per heavy atom. The fraction of sp³-hybridized carbons (Fsp3) is 0.440. The minimum absolute atomic E-state index is 0.117. The SMILES string of the molecule is COc1cc(/C(O)=C/[N+]#N)ccc1OCCCCCCCCCCOc1c(Cl)c(Cl)c(Cl)c(Cl)c1Cl. The van der Waals surface area contributed by atoms with Crippen molar-refractivity contribution in [1.82, 2.24) is 0 Å². The highest BCUT2D eigenvalue weighted by Gasteiger charge is 2.20. The van der Waals surface area contributed by atoms with Crippen molar-refractivity contribution in [3.05, 3.63) is 60.1 Å². The molecule has 0 aliphatic carbocycles. The van der Waals surface area contributed by atoms with Crippen molar-refractivity contribution in [3.63, 3.8) is 0 Å². The molecule has 0 spiro atoms. The summed E-state index contributed by atoms with van der Waals surface area (Å²) in [6, 6.07) is 5.01. The summed E-state index contributed by atoms with van der Waals surface area (Å²) in [4.78, 5) is 2.81. The summed E-state index contributed by atoms with van der Waals surface area (Å²) in [6.07, 6.45) is 9.38. The van der Waals surface area contributed by atoms with Crippen molar-refractivity contribution in [1.29, 1.82) is 5.39 Å². The van der Waals surface area contributed by atoms with E-state index in [9.17, 15) is 5.11 Å². The minimum Gasteiger partial charge on any atom is -0.501 e. The molecule has 0 fully saturated rings. The molecule has 2 aromatic carbocycles. The van der Waals surface area contributed by atoms with Gasteiger partial charge in [0, 0.05) is 5.56 Å². The molecule has 1 N–H and O–H groups in total. The number of hydrogen-bond donors (Lipinski definition) is 1. The molecular formula is C25H28Cl5N2O4+. The maximum atomic E-state index is 9.78. The molecule has 0 saturated carbocycles. The Balaban J connectivity index is 1.56. The van der Waals surface area contributed by atoms with E-state index in [-0.39, 0.29) is 36.6 Å². The fourth-order valence-electron chi connectivity index (χ4n) is 3.41. The smallest absolute Gasteiger partial charge is 0.392 e. The van der Waals surface area contributed by atoms with Crippen molar-refractivity contribution < 1.29 is 19.3 Å². The van der Waals surface area contributed by atoms with Crippen molar-refractivity contribution in [2.75, 3.05) is 20.3 Å². The monoisotopic (exact) mass is 595 g/mol. The van der Waals surface area contributed by atoms with Crippen LogP contribution >= 0.6 is 58.0 Å². The van der Waals surface area contributed by atoms with Gasteiger partial charge in [-0.15, -0.1) is 0 Å². The number of hydrogen-bond acceptors (Lipinski definition) is 5. The third-order valence-electron chi connectivity index (χ3n) is 5.35. The van der Waals surface area contributed by atoms with Crippen LogP contribution in [0, 0.1) is 5.39 Å². The number of benzene rings is 2. The molecule has 11 heteroatoms. The maximum Gasteiger partial charge on any atom is 0.392 e. The molecule has 0 radical (unpaired) electrons. The molecule has 0 unspecified atom stereocenters. The van der Waals surface area contributed by atoms with Crippen LogP contribution in [0.1, 0.15) is 56.9 Å². The van der Waals surface area contributed by atoms with Gasteiger partial charge in [-0.2, -0.15) is 0 Å². The zero-order valence-electron chi connectivity index (χ0n) is 19.8. The lowest BCUT2D eigenvalue weighted by molar-refractivity contribution is 0.284. The zero-order valence-corrected chi connectivity index (χ0v) is 23.6. The second-order valence-electron chi connectivity index (χ2n) is 7.92. The number of aliphatic hydroxyl groups excluding tert-OH is 1. The number of nitrogens with zero attached hydrogens (tertiary/aromatic N) is 2. The summed E-state index contributed by atoms with van der Waals surface area (Å²) in [7, 11) is 1.53. The van der Waals surface area contributed by atoms with Gasteiger partial charge >= 0.3 is 6.20 Å². The predicted octanol–water partition coefficient (Wildman–Crippen LogP) is 10.3. The Kier molecular flexibility index (Phi) is 13.7. The number of rotatable bonds is 15. The Morgan fingerprint density at radius 1 is 0.778 bits per heavy atom. The quantitative estimate of drug-likeness (QED) is 0.0727. The first kappa shape index (κ1) is 30.5. The number of diazo groups is 1. The Labute approximate surface area is 236 Å². The third-order valence-corrected chi connectivity index (χ3v) is 7.59. The second-order valence-corrected chi connectivity index (χ2v) is 9.81. The molecule has 0 saturated heterocycles. The number of ether oxygens (including phenoxy) is 3. The summed E-state index contributed by atoms with van der Waals surface area (Å²) in [5.74, 6) is 1.20. The number of aliphatic hydroxyl groups is 1. The van der Waals surface area contributed by atoms with E-state index in [1.807, 2.05) is 0 Å². The van der Waals surface area contributed by atoms with Crippen LogP contribution in [0.5, 0.6) is 17.2 Å². The average molecular weight is 598 g/mol. The van der Waals surface area contributed by atoms with Crippen LogP contribution in [-0.2, 0) is 0 Å². The van der Waals surface area contributed by atoms with Crippen molar-refractivity contribution in [2.24, 2.45) is 0 Å². The Bertz CT molecular complexity index is 1060. The van der Waals surface area contributed by atoms with Gasteiger partial charge in [0.15, 0.2) is 22.2 Å². The number of methoxy groups -OCH3 is 1. The summed E-state index contributed by atoms with van der Waals surface area (Å²) >= 11 is 30.4. The van der Waals surface area contributed by atoms with E-state index >= 15 is 0 Å². The van der Waals surface area contributed by atoms with Crippen LogP contribution in [0.3, 0.4) is 0 Å². The van der Waals surface area contributed by atoms with Gasteiger partial charge < -0.3 is 19.3 Å². The summed E-state index contributed by atoms with van der Waals surface area (Å²) in [5.41, 5.74) is 0.468. The van der Waals surface area contributed by atoms with Gasteiger partial charge in [-0.05, 0) is 31.0 Å². The van der Waals surface area contributed by atoms with E-state index in [0.29, 0.717) is 30.3 Å². The van der Waals surface area contributed by atoms with Crippen molar-refractivity contribution in [2.45, 2.75) is 51.4 Å². The predicted molar refractivity (Wildman–Crippen MR) is 148 cm³/mol. The first-order valence-electron chi connectivity index (χ1n) is 11.5. The van der Waals surface area contributed by atoms with Crippen LogP contribution in [-0.4, -0.2) is 25.4 Å². The molecule has 0 aromatic heterocycles. The first-order valence-corrected chi connectivity index (χ1v) is 13.4. The van der Waals surface area contributed by atoms with Crippen molar-refractivity contribution in [3.8, 4) is 17.2 Å². The van der Waals surface area contributed by atoms with Gasteiger partial charge in [0.05, 0.1) is 35.4 Å². The standard InChI is InChI=1S/C25H27Cl5N2O4/c1-34-19-14-16(17(33)15-32-31)10-11-18(19)35-12-8-6-4-2-3-5-7-9-13-36-25-23(29)21(27)20(26)22(28)24(25)30/h10-11,14-15H,2-9,12-13H2,1H3/p+1/b17-15-. The average Bonchev–Trinajstić information content (AvgIpc) is 2.88. The highest BCUT2D eigenvalue weighted by atomic mass is 35.5. The van der Waals surface area contributed by atoms with Gasteiger partial charge in [0.25, 0.3) is 0 Å². The Hall–Kier alpha value is -1.75. The molecule has 0 bridgehead atoms. The molecule has 36 heavy (non-hydrogen) atoms. The molecule has 0 heterocycles. The summed E-state index contributed by atoms with van der Waals surface area (Å²) in [6.45, 7) is 1.03. The minimum atomic E-state index is -0.167. The van der Waals surface area contributed by atoms with Crippen LogP contribution in [0.15, 0.2) is 24.4 Å². The maximum absolute atomic E-state index is 9.78. The van der Waals surface area contributed by atoms with Gasteiger partial charge in [0.2, 0.25) is 11.2 Å². The lowest BCUT2D eigenvalue weighted by Gasteiger charge is -2.13. The molecule has 6 nitrogen and oxygen atoms in total. The van der Waals surface area contributed by atoms with Crippen LogP contribution in [0.25, 0.3) is 10.7 Å². The highest BCUT2D eigenvalue weighted by molar-refractivity contribution is 6.55. The Morgan fingerprint density at radius 3 is 1.81 bits per heavy atom. The van der Waals surface area contributed by atoms with Gasteiger partial charge in [-0.3, -0.25) is 0 Å². The molecule has 2 rings (SSSR count). The topological polar surface area (TPSA) is 76.1 Å². The fourth-order valence-corrected chi connectivity index (χ4v) is 4.64. The van der Waals surface area contributed by atoms with E-state index < -0.39 is 0 Å². The van der Waals surface area contributed by atoms with Gasteiger partial charge in [-0.1, -0.05) is 96.5 Å². The highest BCUT2D eigenvalue weighted by Crippen LogP contribution is 2.48. The molecular weight excluding hydrogens is 570 g/mol. The molecule has 0 amide bonds. The molecule has 0 atom stereocenters. The second kappa shape index (κ2) is 16.2. The van der Waals surface area contributed by atoms with Gasteiger partial charge in [-0.25, -0.2) is 0 Å². The van der Waals surface area contributed by atoms with Gasteiger partial charge in [0.1, 0.15) is 10.0 Å². The molecule has 2 aromatic rings. The third kappa shape index (κ3) is 8.97. The first-order chi connectivity index (χ1) is 17.3. The molecule has 196 valence electrons. The van der Waals surface area contributed by atoms with E-state index in [1.165, 1.54) is 7.11 Å². The number of unbranched alkanes of at least 4 members (excludes halogenated alkanes) is 7. The van der Waals surface area contributed by atoms with E-state index in [4.69, 9.17) is 77.6 Å². The lowest BCUT2D eigenvalue weighted by Crippen LogP contribution is -2.00.